The van der Waals surface area contributed by atoms with E-state index in [0.717, 1.165) is 26.1 Å². The fourth-order valence-corrected chi connectivity index (χ4v) is 4.94. The van der Waals surface area contributed by atoms with Crippen LogP contribution in [-0.4, -0.2) is 104 Å². The predicted octanol–water partition coefficient (Wildman–Crippen LogP) is -0.874. The van der Waals surface area contributed by atoms with E-state index in [2.05, 4.69) is 15.0 Å². The van der Waals surface area contributed by atoms with Crippen LogP contribution in [0.1, 0.15) is 39.9 Å². The second kappa shape index (κ2) is 13.4. The van der Waals surface area contributed by atoms with Gasteiger partial charge < -0.3 is 40.3 Å². The largest absolute Gasteiger partial charge is 0.491 e. The first-order chi connectivity index (χ1) is 19.6. The second-order valence-electron chi connectivity index (χ2n) is 10.1. The minimum atomic E-state index is -1.27. The Hall–Kier alpha value is -3.56. The number of nitrogens with zero attached hydrogens (tertiary/aromatic N) is 6. The maximum Gasteiger partial charge on any atom is 0.298 e. The number of aliphatic hydroxyl groups is 2. The number of hydrogen-bond donors (Lipinski definition) is 4. The average Bonchev–Trinajstić information content (AvgIpc) is 3.48. The van der Waals surface area contributed by atoms with Crippen LogP contribution in [0.4, 0.5) is 0 Å². The predicted molar refractivity (Wildman–Crippen MR) is 150 cm³/mol. The van der Waals surface area contributed by atoms with Crippen LogP contribution in [0.2, 0.25) is 0 Å². The van der Waals surface area contributed by atoms with Crippen molar-refractivity contribution in [2.24, 2.45) is 23.5 Å². The van der Waals surface area contributed by atoms with Gasteiger partial charge in [0.25, 0.3) is 5.91 Å². The molecule has 2 atom stereocenters. The number of imidazole rings is 1. The number of aryl methyl sites for hydroxylation is 3. The molecule has 1 aromatic carbocycles. The molecule has 2 amide bonds. The molecule has 14 heteroatoms. The van der Waals surface area contributed by atoms with Crippen LogP contribution in [-0.2, 0) is 24.9 Å². The van der Waals surface area contributed by atoms with Gasteiger partial charge in [0.15, 0.2) is 0 Å². The van der Waals surface area contributed by atoms with Crippen LogP contribution in [0.25, 0.3) is 11.0 Å². The van der Waals surface area contributed by atoms with Gasteiger partial charge in [0.1, 0.15) is 17.0 Å². The number of benzene rings is 1. The number of primary amides is 1. The van der Waals surface area contributed by atoms with Gasteiger partial charge in [-0.15, -0.1) is 0 Å². The minimum absolute atomic E-state index is 0.145. The summed E-state index contributed by atoms with van der Waals surface area (Å²) in [6, 6.07) is 4.79. The smallest absolute Gasteiger partial charge is 0.298 e. The maximum absolute atomic E-state index is 13.4. The van der Waals surface area contributed by atoms with E-state index in [4.69, 9.17) is 20.9 Å². The van der Waals surface area contributed by atoms with Gasteiger partial charge in [-0.25, -0.2) is 0 Å². The third kappa shape index (κ3) is 6.85. The number of nitrogens with two attached hydrogens (primary N) is 2. The molecule has 0 spiro atoms. The van der Waals surface area contributed by atoms with Gasteiger partial charge in [0, 0.05) is 45.3 Å². The molecule has 2 unspecified atom stereocenters. The Morgan fingerprint density at radius 2 is 1.93 bits per heavy atom. The Morgan fingerprint density at radius 3 is 2.59 bits per heavy atom. The second-order valence-corrected chi connectivity index (χ2v) is 10.1. The average molecular weight is 573 g/mol. The number of rotatable bonds is 12. The first-order valence-corrected chi connectivity index (χ1v) is 13.8. The molecule has 4 rings (SSSR count). The number of hydrogen-bond acceptors (Lipinski definition) is 9. The summed E-state index contributed by atoms with van der Waals surface area (Å²) in [5.74, 6) is -0.843. The molecule has 14 nitrogen and oxygen atoms in total. The van der Waals surface area contributed by atoms with E-state index in [1.54, 1.807) is 46.0 Å². The Labute approximate surface area is 237 Å². The standard InChI is InChI=1S/C27H40N8O6/c1-4-35-20(12-17(2)31-35)26(39)30-27-32(3)19-13-18(25(29)38)14-23(24(19)34(27)16-22(37)21(36)15-28)41-9-5-6-33-7-10-40-11-8-33/h12-14,21-22,36-37H,4-11,15-16,28H2,1-3H3,(H2,29,38)/b30-27+. The van der Waals surface area contributed by atoms with Crippen LogP contribution in [0, 0.1) is 6.92 Å². The van der Waals surface area contributed by atoms with Crippen molar-refractivity contribution < 1.29 is 29.3 Å². The summed E-state index contributed by atoms with van der Waals surface area (Å²) in [4.78, 5) is 32.3. The van der Waals surface area contributed by atoms with Crippen molar-refractivity contribution in [3.63, 3.8) is 0 Å². The maximum atomic E-state index is 13.4. The lowest BCUT2D eigenvalue weighted by Crippen LogP contribution is -2.39. The quantitative estimate of drug-likeness (QED) is 0.200. The number of morpholine rings is 1. The van der Waals surface area contributed by atoms with Crippen LogP contribution in [0.15, 0.2) is 23.2 Å². The van der Waals surface area contributed by atoms with Crippen LogP contribution in [0.3, 0.4) is 0 Å². The van der Waals surface area contributed by atoms with Crippen LogP contribution >= 0.6 is 0 Å². The molecule has 2 aromatic heterocycles. The summed E-state index contributed by atoms with van der Waals surface area (Å²) in [6.45, 7) is 8.11. The van der Waals surface area contributed by atoms with Crippen LogP contribution < -0.4 is 21.8 Å². The SMILES string of the molecule is CCn1nc(C)cc1C(=O)/N=c1\n(C)c2cc(C(N)=O)cc(OCCCN3CCOCC3)c2n1CC(O)C(O)CN. The highest BCUT2D eigenvalue weighted by atomic mass is 16.5. The molecule has 6 N–H and O–H groups in total. The Balaban J connectivity index is 1.81. The first kappa shape index (κ1) is 30.4. The van der Waals surface area contributed by atoms with E-state index < -0.39 is 24.0 Å². The molecule has 0 radical (unpaired) electrons. The topological polar surface area (TPSA) is 188 Å². The lowest BCUT2D eigenvalue weighted by atomic mass is 10.1. The summed E-state index contributed by atoms with van der Waals surface area (Å²) in [6.07, 6.45) is -1.76. The molecule has 1 fully saturated rings. The van der Waals surface area contributed by atoms with Crippen molar-refractivity contribution in [1.29, 1.82) is 0 Å². The van der Waals surface area contributed by atoms with Crippen molar-refractivity contribution in [2.45, 2.75) is 45.6 Å². The van der Waals surface area contributed by atoms with Crippen molar-refractivity contribution in [1.82, 2.24) is 23.8 Å². The van der Waals surface area contributed by atoms with E-state index in [1.807, 2.05) is 6.92 Å². The highest BCUT2D eigenvalue weighted by Gasteiger charge is 2.24. The van der Waals surface area contributed by atoms with Gasteiger partial charge in [-0.2, -0.15) is 10.1 Å². The lowest BCUT2D eigenvalue weighted by molar-refractivity contribution is 0.0149. The Kier molecular flexibility index (Phi) is 9.94. The summed E-state index contributed by atoms with van der Waals surface area (Å²) in [5.41, 5.74) is 13.6. The van der Waals surface area contributed by atoms with E-state index in [0.29, 0.717) is 54.5 Å². The molecule has 0 bridgehead atoms. The van der Waals surface area contributed by atoms with Gasteiger partial charge in [-0.1, -0.05) is 0 Å². The number of carbonyl (C=O) groups is 2. The molecule has 3 heterocycles. The van der Waals surface area contributed by atoms with Crippen molar-refractivity contribution in [3.8, 4) is 5.75 Å². The third-order valence-electron chi connectivity index (χ3n) is 7.17. The fraction of sp³-hybridized carbons (Fsp3) is 0.556. The highest BCUT2D eigenvalue weighted by Crippen LogP contribution is 2.28. The fourth-order valence-electron chi connectivity index (χ4n) is 4.94. The molecule has 1 saturated heterocycles. The van der Waals surface area contributed by atoms with E-state index in [9.17, 15) is 19.8 Å². The number of ether oxygens (including phenoxy) is 2. The van der Waals surface area contributed by atoms with Crippen LogP contribution in [0.5, 0.6) is 5.75 Å². The zero-order chi connectivity index (χ0) is 29.7. The highest BCUT2D eigenvalue weighted by molar-refractivity contribution is 5.98. The van der Waals surface area contributed by atoms with Gasteiger partial charge in [0.2, 0.25) is 11.5 Å². The summed E-state index contributed by atoms with van der Waals surface area (Å²) < 4.78 is 16.4. The van der Waals surface area contributed by atoms with Gasteiger partial charge in [-0.3, -0.25) is 19.2 Å². The minimum Gasteiger partial charge on any atom is -0.491 e. The van der Waals surface area contributed by atoms with Gasteiger partial charge in [0.05, 0.1) is 49.8 Å². The molecule has 3 aromatic rings. The molecular weight excluding hydrogens is 532 g/mol. The number of aliphatic hydroxyl groups excluding tert-OH is 2. The molecule has 224 valence electrons. The van der Waals surface area contributed by atoms with E-state index in [-0.39, 0.29) is 24.3 Å². The number of amides is 2. The van der Waals surface area contributed by atoms with Crippen molar-refractivity contribution >= 4 is 22.8 Å². The van der Waals surface area contributed by atoms with Gasteiger partial charge >= 0.3 is 0 Å². The summed E-state index contributed by atoms with van der Waals surface area (Å²) in [5, 5.41) is 25.4. The van der Waals surface area contributed by atoms with Gasteiger partial charge in [-0.05, 0) is 38.5 Å². The zero-order valence-corrected chi connectivity index (χ0v) is 23.8. The van der Waals surface area contributed by atoms with Crippen molar-refractivity contribution in [3.05, 3.63) is 40.8 Å². The van der Waals surface area contributed by atoms with E-state index >= 15 is 0 Å². The van der Waals surface area contributed by atoms with Crippen molar-refractivity contribution in [2.75, 3.05) is 46.0 Å². The molecule has 0 saturated carbocycles. The number of carbonyl (C=O) groups excluding carboxylic acids is 2. The number of fused-ring (bicyclic) bond motifs is 1. The molecular formula is C27H40N8O6. The normalized spacial score (nSPS) is 16.3. The molecule has 1 aliphatic rings. The summed E-state index contributed by atoms with van der Waals surface area (Å²) >= 11 is 0. The number of aromatic nitrogens is 4. The zero-order valence-electron chi connectivity index (χ0n) is 23.8. The Morgan fingerprint density at radius 1 is 1.20 bits per heavy atom. The monoisotopic (exact) mass is 572 g/mol. The molecule has 0 aliphatic carbocycles. The third-order valence-corrected chi connectivity index (χ3v) is 7.17. The Bertz CT molecular complexity index is 1450. The first-order valence-electron chi connectivity index (χ1n) is 13.8. The lowest BCUT2D eigenvalue weighted by Gasteiger charge is -2.26. The summed E-state index contributed by atoms with van der Waals surface area (Å²) in [7, 11) is 1.69. The van der Waals surface area contributed by atoms with E-state index in [1.165, 1.54) is 0 Å². The molecule has 41 heavy (non-hydrogen) atoms. The molecule has 1 aliphatic heterocycles.